The molecule has 10 nitrogen and oxygen atoms in total. The number of phenolic OH excluding ortho intramolecular Hbond substituents is 1. The van der Waals surface area contributed by atoms with E-state index in [4.69, 9.17) is 14.1 Å². The van der Waals surface area contributed by atoms with Crippen LogP contribution in [0, 0.1) is 0 Å². The fraction of sp³-hybridized carbons (Fsp3) is 0.424. The summed E-state index contributed by atoms with van der Waals surface area (Å²) in [5.74, 6) is 0.402. The molecule has 2 amide bonds. The van der Waals surface area contributed by atoms with Crippen LogP contribution in [0.25, 0.3) is 22.4 Å². The van der Waals surface area contributed by atoms with E-state index in [1.54, 1.807) is 36.8 Å². The van der Waals surface area contributed by atoms with Crippen LogP contribution in [0.1, 0.15) is 54.1 Å². The van der Waals surface area contributed by atoms with Crippen molar-refractivity contribution in [1.29, 1.82) is 0 Å². The SMILES string of the molecule is O=C(N[C@@H](Cc1ccc(O)cc1)C(=O)NCCN1CCOCC1)c1ccc2c(c1)nc(-c1ccoc1)n2C1CCCCC1. The van der Waals surface area contributed by atoms with E-state index in [0.717, 1.165) is 53.9 Å². The van der Waals surface area contributed by atoms with Gasteiger partial charge in [0.25, 0.3) is 5.91 Å². The summed E-state index contributed by atoms with van der Waals surface area (Å²) in [6, 6.07) is 13.7. The maximum atomic E-state index is 13.6. The molecule has 6 rings (SSSR count). The van der Waals surface area contributed by atoms with Gasteiger partial charge in [-0.3, -0.25) is 14.5 Å². The number of benzene rings is 2. The van der Waals surface area contributed by atoms with E-state index < -0.39 is 6.04 Å². The largest absolute Gasteiger partial charge is 0.508 e. The Morgan fingerprint density at radius 2 is 1.81 bits per heavy atom. The third-order valence-electron chi connectivity index (χ3n) is 8.50. The Morgan fingerprint density at radius 1 is 1.02 bits per heavy atom. The summed E-state index contributed by atoms with van der Waals surface area (Å²) in [7, 11) is 0. The number of phenols is 1. The van der Waals surface area contributed by atoms with Crippen molar-refractivity contribution in [3.63, 3.8) is 0 Å². The molecule has 0 spiro atoms. The van der Waals surface area contributed by atoms with Crippen LogP contribution in [-0.2, 0) is 16.0 Å². The van der Waals surface area contributed by atoms with Crippen molar-refractivity contribution in [2.75, 3.05) is 39.4 Å². The Hall–Kier alpha value is -4.15. The van der Waals surface area contributed by atoms with E-state index in [1.165, 1.54) is 19.3 Å². The molecule has 3 N–H and O–H groups in total. The molecule has 2 aromatic heterocycles. The molecule has 226 valence electrons. The molecule has 1 saturated heterocycles. The molecule has 1 aliphatic heterocycles. The van der Waals surface area contributed by atoms with Gasteiger partial charge in [-0.1, -0.05) is 31.4 Å². The number of aromatic nitrogens is 2. The molecule has 2 aliphatic rings. The van der Waals surface area contributed by atoms with Gasteiger partial charge in [0.05, 0.1) is 36.1 Å². The molecule has 10 heteroatoms. The van der Waals surface area contributed by atoms with Gasteiger partial charge in [-0.05, 0) is 54.8 Å². The van der Waals surface area contributed by atoms with Gasteiger partial charge in [0.1, 0.15) is 23.9 Å². The Bertz CT molecular complexity index is 1520. The lowest BCUT2D eigenvalue weighted by atomic mass is 9.95. The van der Waals surface area contributed by atoms with E-state index in [2.05, 4.69) is 20.1 Å². The standard InChI is InChI=1S/C33H39N5O5/c39-27-9-6-23(7-10-27)20-29(33(41)34-13-14-37-15-18-42-19-16-37)36-32(40)24-8-11-30-28(21-24)35-31(25-12-17-43-22-25)38(30)26-4-2-1-3-5-26/h6-12,17,21-22,26,29,39H,1-5,13-16,18-20H2,(H,34,41)(H,36,40)/t29-/m0/s1. The fourth-order valence-corrected chi connectivity index (χ4v) is 6.15. The first-order valence-corrected chi connectivity index (χ1v) is 15.3. The summed E-state index contributed by atoms with van der Waals surface area (Å²) >= 11 is 0. The highest BCUT2D eigenvalue weighted by Gasteiger charge is 2.25. The minimum Gasteiger partial charge on any atom is -0.508 e. The molecular formula is C33H39N5O5. The van der Waals surface area contributed by atoms with Crippen molar-refractivity contribution in [2.24, 2.45) is 0 Å². The van der Waals surface area contributed by atoms with Crippen molar-refractivity contribution in [1.82, 2.24) is 25.1 Å². The highest BCUT2D eigenvalue weighted by molar-refractivity contribution is 6.00. The van der Waals surface area contributed by atoms with Crippen LogP contribution in [0.2, 0.25) is 0 Å². The molecule has 2 aromatic carbocycles. The number of imidazole rings is 1. The van der Waals surface area contributed by atoms with Crippen LogP contribution < -0.4 is 10.6 Å². The summed E-state index contributed by atoms with van der Waals surface area (Å²) in [5, 5.41) is 15.7. The van der Waals surface area contributed by atoms with Crippen LogP contribution in [0.3, 0.4) is 0 Å². The van der Waals surface area contributed by atoms with Crippen LogP contribution in [0.5, 0.6) is 5.75 Å². The van der Waals surface area contributed by atoms with Crippen molar-refractivity contribution < 1.29 is 23.8 Å². The van der Waals surface area contributed by atoms with Crippen LogP contribution in [0.15, 0.2) is 65.5 Å². The maximum absolute atomic E-state index is 13.6. The van der Waals surface area contributed by atoms with E-state index in [1.807, 2.05) is 24.3 Å². The van der Waals surface area contributed by atoms with E-state index in [0.29, 0.717) is 44.3 Å². The molecule has 2 fully saturated rings. The minimum atomic E-state index is -0.793. The normalized spacial score (nSPS) is 17.1. The lowest BCUT2D eigenvalue weighted by molar-refractivity contribution is -0.123. The molecule has 1 atom stereocenters. The third-order valence-corrected chi connectivity index (χ3v) is 8.50. The lowest BCUT2D eigenvalue weighted by Crippen LogP contribution is -2.50. The molecule has 0 radical (unpaired) electrons. The Kier molecular flexibility index (Phi) is 9.04. The zero-order valence-corrected chi connectivity index (χ0v) is 24.3. The number of morpholine rings is 1. The first kappa shape index (κ1) is 28.9. The predicted molar refractivity (Wildman–Crippen MR) is 163 cm³/mol. The van der Waals surface area contributed by atoms with Gasteiger partial charge in [-0.15, -0.1) is 0 Å². The van der Waals surface area contributed by atoms with Crippen molar-refractivity contribution >= 4 is 22.8 Å². The van der Waals surface area contributed by atoms with Gasteiger partial charge in [-0.2, -0.15) is 0 Å². The molecule has 4 aromatic rings. The summed E-state index contributed by atoms with van der Waals surface area (Å²) in [6.45, 7) is 4.26. The molecule has 0 bridgehead atoms. The second-order valence-corrected chi connectivity index (χ2v) is 11.5. The van der Waals surface area contributed by atoms with Crippen LogP contribution in [-0.4, -0.2) is 76.8 Å². The minimum absolute atomic E-state index is 0.148. The quantitative estimate of drug-likeness (QED) is 0.254. The number of nitrogens with one attached hydrogen (secondary N) is 2. The second-order valence-electron chi connectivity index (χ2n) is 11.5. The topological polar surface area (TPSA) is 122 Å². The Morgan fingerprint density at radius 3 is 2.56 bits per heavy atom. The van der Waals surface area contributed by atoms with Crippen LogP contribution in [0.4, 0.5) is 0 Å². The number of amides is 2. The number of furan rings is 1. The molecule has 43 heavy (non-hydrogen) atoms. The van der Waals surface area contributed by atoms with Gasteiger partial charge in [-0.25, -0.2) is 4.98 Å². The number of aromatic hydroxyl groups is 1. The number of fused-ring (bicyclic) bond motifs is 1. The highest BCUT2D eigenvalue weighted by atomic mass is 16.5. The first-order valence-electron chi connectivity index (χ1n) is 15.3. The van der Waals surface area contributed by atoms with Gasteiger partial charge in [0, 0.05) is 44.2 Å². The molecule has 0 unspecified atom stereocenters. The Labute approximate surface area is 251 Å². The van der Waals surface area contributed by atoms with Gasteiger partial charge >= 0.3 is 0 Å². The molecule has 1 saturated carbocycles. The third kappa shape index (κ3) is 6.92. The average Bonchev–Trinajstić information content (AvgIpc) is 3.71. The van der Waals surface area contributed by atoms with Gasteiger partial charge in [0.2, 0.25) is 5.91 Å². The summed E-state index contributed by atoms with van der Waals surface area (Å²) < 4.78 is 13.1. The monoisotopic (exact) mass is 585 g/mol. The number of hydrogen-bond donors (Lipinski definition) is 3. The van der Waals surface area contributed by atoms with Crippen molar-refractivity contribution in [3.8, 4) is 17.1 Å². The number of ether oxygens (including phenoxy) is 1. The number of carbonyl (C=O) groups is 2. The molecule has 3 heterocycles. The van der Waals surface area contributed by atoms with E-state index in [-0.39, 0.29) is 17.6 Å². The zero-order chi connectivity index (χ0) is 29.6. The first-order chi connectivity index (χ1) is 21.0. The molecule has 1 aliphatic carbocycles. The Balaban J connectivity index is 1.21. The fourth-order valence-electron chi connectivity index (χ4n) is 6.15. The zero-order valence-electron chi connectivity index (χ0n) is 24.3. The summed E-state index contributed by atoms with van der Waals surface area (Å²) in [4.78, 5) is 34.1. The van der Waals surface area contributed by atoms with Crippen molar-refractivity contribution in [2.45, 2.75) is 50.6 Å². The highest BCUT2D eigenvalue weighted by Crippen LogP contribution is 2.36. The smallest absolute Gasteiger partial charge is 0.252 e. The number of hydrogen-bond acceptors (Lipinski definition) is 7. The lowest BCUT2D eigenvalue weighted by Gasteiger charge is -2.27. The van der Waals surface area contributed by atoms with Crippen molar-refractivity contribution in [3.05, 3.63) is 72.2 Å². The maximum Gasteiger partial charge on any atom is 0.252 e. The number of nitrogens with zero attached hydrogens (tertiary/aromatic N) is 3. The van der Waals surface area contributed by atoms with E-state index >= 15 is 0 Å². The van der Waals surface area contributed by atoms with Gasteiger partial charge < -0.3 is 29.5 Å². The average molecular weight is 586 g/mol. The predicted octanol–water partition coefficient (Wildman–Crippen LogP) is 4.30. The summed E-state index contributed by atoms with van der Waals surface area (Å²) in [6.07, 6.45) is 9.47. The second kappa shape index (κ2) is 13.4. The van der Waals surface area contributed by atoms with Gasteiger partial charge in [0.15, 0.2) is 0 Å². The number of rotatable bonds is 10. The van der Waals surface area contributed by atoms with Crippen LogP contribution >= 0.6 is 0 Å². The molecular weight excluding hydrogens is 546 g/mol. The number of carbonyl (C=O) groups excluding carboxylic acids is 2. The summed E-state index contributed by atoms with van der Waals surface area (Å²) in [5.41, 5.74) is 3.91. The van der Waals surface area contributed by atoms with E-state index in [9.17, 15) is 14.7 Å².